The van der Waals surface area contributed by atoms with Gasteiger partial charge in [-0.2, -0.15) is 0 Å². The van der Waals surface area contributed by atoms with E-state index in [1.165, 1.54) is 79.6 Å². The van der Waals surface area contributed by atoms with E-state index < -0.39 is 0 Å². The number of nitrogens with zero attached hydrogens (tertiary/aromatic N) is 2. The van der Waals surface area contributed by atoms with Crippen LogP contribution in [0.1, 0.15) is 105 Å². The highest BCUT2D eigenvalue weighted by molar-refractivity contribution is 5.13. The molecule has 4 saturated carbocycles. The van der Waals surface area contributed by atoms with Crippen molar-refractivity contribution in [1.82, 2.24) is 0 Å². The number of rotatable bonds is 12. The molecule has 4 bridgehead atoms. The molecule has 0 saturated heterocycles. The van der Waals surface area contributed by atoms with Gasteiger partial charge in [0.05, 0.1) is 44.8 Å². The standard InChI is InChI=1S/C16H30N.C16H28N.ClH.H2O/c1-4-17(5-2,6-3)16-10-13-7-14(11-16)9-15(8-13)12-16;1-4-12-17(13-5-2,14-6-3)15-16-10-8-7-9-11-16;;/h13-15H,4-12H2,1-3H3;7-11H,4-6,12-15H2,1-3H3;1H;1H2/q2*+1;;/p-2. The summed E-state index contributed by atoms with van der Waals surface area (Å²) in [5.41, 5.74) is 2.19. The molecule has 1 aromatic rings. The van der Waals surface area contributed by atoms with Gasteiger partial charge in [-0.25, -0.2) is 0 Å². The molecule has 3 nitrogen and oxygen atoms in total. The molecule has 1 aromatic carbocycles. The Bertz CT molecular complexity index is 658. The van der Waals surface area contributed by atoms with Crippen LogP contribution in [-0.2, 0) is 6.54 Å². The van der Waals surface area contributed by atoms with Crippen molar-refractivity contribution in [3.05, 3.63) is 35.9 Å². The van der Waals surface area contributed by atoms with Gasteiger partial charge in [0.1, 0.15) is 6.54 Å². The van der Waals surface area contributed by atoms with Gasteiger partial charge in [0.15, 0.2) is 0 Å². The number of quaternary nitrogens is 2. The Morgan fingerprint density at radius 1 is 0.667 bits per heavy atom. The summed E-state index contributed by atoms with van der Waals surface area (Å²) in [7, 11) is 0. The molecule has 0 radical (unpaired) electrons. The van der Waals surface area contributed by atoms with Crippen LogP contribution in [0.15, 0.2) is 30.3 Å². The van der Waals surface area contributed by atoms with E-state index >= 15 is 0 Å². The first-order valence-corrected chi connectivity index (χ1v) is 15.2. The summed E-state index contributed by atoms with van der Waals surface area (Å²) in [6, 6.07) is 11.0. The quantitative estimate of drug-likeness (QED) is 0.359. The van der Waals surface area contributed by atoms with Crippen LogP contribution in [0.25, 0.3) is 0 Å². The lowest BCUT2D eigenvalue weighted by Gasteiger charge is -2.64. The lowest BCUT2D eigenvalue weighted by molar-refractivity contribution is -0.977. The smallest absolute Gasteiger partial charge is 0.104 e. The van der Waals surface area contributed by atoms with Crippen LogP contribution in [0.3, 0.4) is 0 Å². The first kappa shape index (κ1) is 33.4. The fourth-order valence-corrected chi connectivity index (χ4v) is 9.29. The summed E-state index contributed by atoms with van der Waals surface area (Å²) >= 11 is 0. The maximum absolute atomic E-state index is 2.44. The predicted octanol–water partition coefficient (Wildman–Crippen LogP) is 4.89. The molecule has 0 heterocycles. The van der Waals surface area contributed by atoms with Gasteiger partial charge < -0.3 is 26.8 Å². The van der Waals surface area contributed by atoms with Crippen molar-refractivity contribution < 1.29 is 26.8 Å². The number of hydrogen-bond donors (Lipinski definition) is 0. The molecule has 4 heteroatoms. The van der Waals surface area contributed by atoms with Crippen LogP contribution in [-0.4, -0.2) is 59.2 Å². The Morgan fingerprint density at radius 2 is 1.06 bits per heavy atom. The Labute approximate surface area is 230 Å². The Kier molecular flexibility index (Phi) is 14.0. The van der Waals surface area contributed by atoms with Crippen molar-refractivity contribution in [2.75, 3.05) is 39.3 Å². The van der Waals surface area contributed by atoms with Crippen molar-refractivity contribution in [3.63, 3.8) is 0 Å². The third-order valence-electron chi connectivity index (χ3n) is 10.3. The van der Waals surface area contributed by atoms with E-state index in [4.69, 9.17) is 0 Å². The van der Waals surface area contributed by atoms with Gasteiger partial charge in [0.25, 0.3) is 0 Å². The second kappa shape index (κ2) is 15.1. The highest BCUT2D eigenvalue weighted by atomic mass is 35.5. The van der Waals surface area contributed by atoms with Crippen LogP contribution in [0, 0.1) is 17.8 Å². The van der Waals surface area contributed by atoms with Gasteiger partial charge in [-0.1, -0.05) is 51.1 Å². The van der Waals surface area contributed by atoms with Gasteiger partial charge in [-0.3, -0.25) is 0 Å². The average Bonchev–Trinajstić information content (AvgIpc) is 2.81. The third kappa shape index (κ3) is 7.28. The van der Waals surface area contributed by atoms with Gasteiger partial charge in [-0.15, -0.1) is 0 Å². The number of hydrogen-bond acceptors (Lipinski definition) is 1. The average molecular weight is 523 g/mol. The van der Waals surface area contributed by atoms with E-state index in [-0.39, 0.29) is 17.9 Å². The lowest BCUT2D eigenvalue weighted by atomic mass is 9.51. The summed E-state index contributed by atoms with van der Waals surface area (Å²) in [6.07, 6.45) is 13.3. The van der Waals surface area contributed by atoms with E-state index in [0.717, 1.165) is 17.8 Å². The minimum Gasteiger partial charge on any atom is -1.00 e. The molecule has 0 aliphatic heterocycles. The molecule has 0 atom stereocenters. The van der Waals surface area contributed by atoms with Crippen molar-refractivity contribution in [1.29, 1.82) is 0 Å². The van der Waals surface area contributed by atoms with E-state index in [2.05, 4.69) is 71.9 Å². The molecule has 0 amide bonds. The monoisotopic (exact) mass is 522 g/mol. The number of halogens is 1. The van der Waals surface area contributed by atoms with E-state index in [9.17, 15) is 0 Å². The molecule has 1 N–H and O–H groups in total. The molecule has 5 rings (SSSR count). The third-order valence-corrected chi connectivity index (χ3v) is 10.3. The Balaban J connectivity index is 0.000000341. The Morgan fingerprint density at radius 3 is 1.39 bits per heavy atom. The number of benzene rings is 1. The summed E-state index contributed by atoms with van der Waals surface area (Å²) in [6.45, 7) is 23.5. The van der Waals surface area contributed by atoms with Crippen LogP contribution < -0.4 is 12.4 Å². The first-order valence-electron chi connectivity index (χ1n) is 15.2. The lowest BCUT2D eigenvalue weighted by Crippen LogP contribution is -3.00. The molecule has 4 fully saturated rings. The molecule has 210 valence electrons. The summed E-state index contributed by atoms with van der Waals surface area (Å²) in [5.74, 6) is 3.30. The highest BCUT2D eigenvalue weighted by Crippen LogP contribution is 2.59. The molecule has 0 aromatic heterocycles. The molecule has 36 heavy (non-hydrogen) atoms. The zero-order valence-electron chi connectivity index (χ0n) is 24.7. The summed E-state index contributed by atoms with van der Waals surface area (Å²) in [5, 5.41) is 0. The second-order valence-corrected chi connectivity index (χ2v) is 12.4. The fourth-order valence-electron chi connectivity index (χ4n) is 9.29. The van der Waals surface area contributed by atoms with Crippen LogP contribution >= 0.6 is 0 Å². The minimum absolute atomic E-state index is 0. The van der Waals surface area contributed by atoms with E-state index in [1.807, 2.05) is 0 Å². The largest absolute Gasteiger partial charge is 1.00 e. The van der Waals surface area contributed by atoms with E-state index in [1.54, 1.807) is 38.5 Å². The van der Waals surface area contributed by atoms with Gasteiger partial charge in [0.2, 0.25) is 0 Å². The second-order valence-electron chi connectivity index (χ2n) is 12.4. The Hall–Kier alpha value is -0.610. The minimum atomic E-state index is 0. The molecule has 4 aliphatic carbocycles. The molecular formula is C32H59ClN2O. The van der Waals surface area contributed by atoms with Crippen LogP contribution in [0.4, 0.5) is 0 Å². The fraction of sp³-hybridized carbons (Fsp3) is 0.812. The normalized spacial score (nSPS) is 26.4. The molecule has 0 spiro atoms. The maximum Gasteiger partial charge on any atom is 0.104 e. The van der Waals surface area contributed by atoms with Gasteiger partial charge in [-0.05, 0) is 77.0 Å². The topological polar surface area (TPSA) is 30.0 Å². The van der Waals surface area contributed by atoms with E-state index in [0.29, 0.717) is 5.54 Å². The first-order chi connectivity index (χ1) is 16.4. The zero-order valence-corrected chi connectivity index (χ0v) is 25.4. The molecule has 0 unspecified atom stereocenters. The van der Waals surface area contributed by atoms with Crippen molar-refractivity contribution in [2.24, 2.45) is 17.8 Å². The molecule has 4 aliphatic rings. The van der Waals surface area contributed by atoms with Crippen molar-refractivity contribution in [3.8, 4) is 0 Å². The molecular weight excluding hydrogens is 464 g/mol. The van der Waals surface area contributed by atoms with Gasteiger partial charge in [0, 0.05) is 24.8 Å². The highest BCUT2D eigenvalue weighted by Gasteiger charge is 2.59. The van der Waals surface area contributed by atoms with Crippen LogP contribution in [0.5, 0.6) is 0 Å². The van der Waals surface area contributed by atoms with Crippen molar-refractivity contribution in [2.45, 2.75) is 111 Å². The summed E-state index contributed by atoms with van der Waals surface area (Å²) < 4.78 is 2.70. The van der Waals surface area contributed by atoms with Crippen LogP contribution in [0.2, 0.25) is 0 Å². The zero-order chi connectivity index (χ0) is 24.7. The summed E-state index contributed by atoms with van der Waals surface area (Å²) in [4.78, 5) is 0. The van der Waals surface area contributed by atoms with Crippen molar-refractivity contribution >= 4 is 0 Å². The maximum atomic E-state index is 2.44. The predicted molar refractivity (Wildman–Crippen MR) is 151 cm³/mol. The van der Waals surface area contributed by atoms with Gasteiger partial charge >= 0.3 is 0 Å². The SMILES string of the molecule is CCC[N+](CCC)(CCC)Cc1ccccc1.CC[N+](CC)(CC)C12CC3CC(CC(C3)C1)C2.[Cl-].[OH-].